The number of hydrogen-bond donors (Lipinski definition) is 0. The van der Waals surface area contributed by atoms with Crippen LogP contribution in [0.2, 0.25) is 0 Å². The molecule has 0 aliphatic carbocycles. The van der Waals surface area contributed by atoms with Crippen LogP contribution in [0.4, 0.5) is 0 Å². The Balaban J connectivity index is 3.37. The van der Waals surface area contributed by atoms with E-state index in [1.165, 1.54) is 0 Å². The standard InChI is InChI=1S/C7H14NO2/c1-4-6(2)10-7(9)5-8-3/h6H,4-5H2,1-3H3/q-1. The molecule has 1 unspecified atom stereocenters. The molecule has 0 spiro atoms. The molecule has 0 heterocycles. The summed E-state index contributed by atoms with van der Waals surface area (Å²) < 4.78 is 4.91. The van der Waals surface area contributed by atoms with E-state index in [2.05, 4.69) is 5.32 Å². The minimum atomic E-state index is -0.239. The molecule has 0 bridgehead atoms. The maximum absolute atomic E-state index is 10.7. The Morgan fingerprint density at radius 2 is 2.30 bits per heavy atom. The quantitative estimate of drug-likeness (QED) is 0.558. The maximum atomic E-state index is 10.7. The Labute approximate surface area is 61.8 Å². The van der Waals surface area contributed by atoms with E-state index in [0.29, 0.717) is 0 Å². The number of rotatable bonds is 4. The molecule has 0 aromatic rings. The molecular weight excluding hydrogens is 130 g/mol. The summed E-state index contributed by atoms with van der Waals surface area (Å²) in [5.41, 5.74) is 0. The lowest BCUT2D eigenvalue weighted by Crippen LogP contribution is -2.16. The lowest BCUT2D eigenvalue weighted by Gasteiger charge is -2.14. The number of carbonyl (C=O) groups excluding carboxylic acids is 1. The van der Waals surface area contributed by atoms with Crippen molar-refractivity contribution in [2.75, 3.05) is 13.6 Å². The summed E-state index contributed by atoms with van der Waals surface area (Å²) in [6.45, 7) is 4.01. The number of esters is 1. The second kappa shape index (κ2) is 5.23. The summed E-state index contributed by atoms with van der Waals surface area (Å²) in [6.07, 6.45) is 0.879. The Kier molecular flexibility index (Phi) is 4.94. The smallest absolute Gasteiger partial charge is 0.285 e. The third kappa shape index (κ3) is 4.32. The topological polar surface area (TPSA) is 40.4 Å². The molecule has 10 heavy (non-hydrogen) atoms. The van der Waals surface area contributed by atoms with E-state index in [4.69, 9.17) is 4.74 Å². The zero-order chi connectivity index (χ0) is 7.98. The van der Waals surface area contributed by atoms with Gasteiger partial charge >= 0.3 is 0 Å². The molecule has 0 N–H and O–H groups in total. The average molecular weight is 144 g/mol. The largest absolute Gasteiger partial charge is 0.656 e. The van der Waals surface area contributed by atoms with Crippen molar-refractivity contribution in [2.24, 2.45) is 0 Å². The molecule has 60 valence electrons. The monoisotopic (exact) mass is 144 g/mol. The van der Waals surface area contributed by atoms with E-state index in [1.54, 1.807) is 7.05 Å². The molecule has 3 heteroatoms. The zero-order valence-electron chi connectivity index (χ0n) is 6.76. The van der Waals surface area contributed by atoms with Crippen LogP contribution in [0.15, 0.2) is 0 Å². The van der Waals surface area contributed by atoms with Crippen molar-refractivity contribution in [1.82, 2.24) is 0 Å². The lowest BCUT2D eigenvalue weighted by molar-refractivity contribution is -0.145. The van der Waals surface area contributed by atoms with Crippen molar-refractivity contribution >= 4 is 5.97 Å². The van der Waals surface area contributed by atoms with E-state index >= 15 is 0 Å². The third-order valence-electron chi connectivity index (χ3n) is 1.19. The summed E-state index contributed by atoms with van der Waals surface area (Å²) in [4.78, 5) is 10.7. The van der Waals surface area contributed by atoms with E-state index in [1.807, 2.05) is 13.8 Å². The number of likely N-dealkylation sites (N-methyl/N-ethyl adjacent to an activating group) is 1. The number of ether oxygens (including phenoxy) is 1. The van der Waals surface area contributed by atoms with Gasteiger partial charge in [0, 0.05) is 0 Å². The molecule has 0 radical (unpaired) electrons. The molecular formula is C7H14NO2-. The summed E-state index contributed by atoms with van der Waals surface area (Å²) in [5.74, 6) is -0.239. The lowest BCUT2D eigenvalue weighted by atomic mass is 10.3. The molecule has 0 saturated carbocycles. The van der Waals surface area contributed by atoms with Crippen molar-refractivity contribution in [3.63, 3.8) is 0 Å². The van der Waals surface area contributed by atoms with Crippen LogP contribution < -0.4 is 0 Å². The summed E-state index contributed by atoms with van der Waals surface area (Å²) in [7, 11) is 1.60. The van der Waals surface area contributed by atoms with Gasteiger partial charge in [0.05, 0.1) is 6.10 Å². The second-order valence-corrected chi connectivity index (χ2v) is 2.18. The summed E-state index contributed by atoms with van der Waals surface area (Å²) >= 11 is 0. The van der Waals surface area contributed by atoms with Crippen molar-refractivity contribution in [1.29, 1.82) is 0 Å². The van der Waals surface area contributed by atoms with Gasteiger partial charge in [-0.1, -0.05) is 6.92 Å². The van der Waals surface area contributed by atoms with Crippen LogP contribution in [0.3, 0.4) is 0 Å². The number of nitrogens with zero attached hydrogens (tertiary/aromatic N) is 1. The predicted octanol–water partition coefficient (Wildman–Crippen LogP) is 1.33. The van der Waals surface area contributed by atoms with E-state index in [0.717, 1.165) is 6.42 Å². The molecule has 0 aromatic heterocycles. The molecule has 0 aliphatic rings. The van der Waals surface area contributed by atoms with Crippen molar-refractivity contribution < 1.29 is 9.53 Å². The Hall–Kier alpha value is -0.570. The fourth-order valence-electron chi connectivity index (χ4n) is 0.474. The predicted molar refractivity (Wildman–Crippen MR) is 40.0 cm³/mol. The molecule has 1 atom stereocenters. The van der Waals surface area contributed by atoms with Crippen LogP contribution in [-0.4, -0.2) is 25.7 Å². The summed E-state index contributed by atoms with van der Waals surface area (Å²) in [6, 6.07) is 0. The van der Waals surface area contributed by atoms with Gasteiger partial charge in [-0.15, -0.1) is 0 Å². The number of hydrogen-bond acceptors (Lipinski definition) is 2. The first kappa shape index (κ1) is 9.43. The van der Waals surface area contributed by atoms with E-state index in [9.17, 15) is 4.79 Å². The van der Waals surface area contributed by atoms with Crippen LogP contribution in [0, 0.1) is 0 Å². The van der Waals surface area contributed by atoms with Crippen LogP contribution in [0.1, 0.15) is 20.3 Å². The first-order chi connectivity index (χ1) is 4.70. The maximum Gasteiger partial charge on any atom is 0.285 e. The fourth-order valence-corrected chi connectivity index (χ4v) is 0.474. The molecule has 0 rings (SSSR count). The third-order valence-corrected chi connectivity index (χ3v) is 1.19. The van der Waals surface area contributed by atoms with Gasteiger partial charge in [0.2, 0.25) is 0 Å². The molecule has 0 aromatic carbocycles. The van der Waals surface area contributed by atoms with Gasteiger partial charge in [-0.05, 0) is 19.9 Å². The first-order valence-corrected chi connectivity index (χ1v) is 3.45. The minimum Gasteiger partial charge on any atom is -0.656 e. The Morgan fingerprint density at radius 3 is 2.70 bits per heavy atom. The van der Waals surface area contributed by atoms with Crippen LogP contribution in [-0.2, 0) is 9.53 Å². The van der Waals surface area contributed by atoms with Crippen molar-refractivity contribution in [3.05, 3.63) is 5.32 Å². The van der Waals surface area contributed by atoms with E-state index in [-0.39, 0.29) is 18.6 Å². The highest BCUT2D eigenvalue weighted by Gasteiger charge is 2.01. The normalized spacial score (nSPS) is 12.7. The van der Waals surface area contributed by atoms with Crippen LogP contribution in [0.5, 0.6) is 0 Å². The molecule has 0 saturated heterocycles. The summed E-state index contributed by atoms with van der Waals surface area (Å²) in [5, 5.41) is 3.65. The van der Waals surface area contributed by atoms with Gasteiger partial charge in [0.25, 0.3) is 5.97 Å². The zero-order valence-corrected chi connectivity index (χ0v) is 6.76. The van der Waals surface area contributed by atoms with Gasteiger partial charge in [0.15, 0.2) is 0 Å². The highest BCUT2D eigenvalue weighted by atomic mass is 16.5. The number of carbonyl (C=O) groups is 1. The Morgan fingerprint density at radius 1 is 1.70 bits per heavy atom. The van der Waals surface area contributed by atoms with E-state index < -0.39 is 0 Å². The minimum absolute atomic E-state index is 0.0225. The van der Waals surface area contributed by atoms with Gasteiger partial charge in [-0.3, -0.25) is 4.79 Å². The van der Waals surface area contributed by atoms with Crippen LogP contribution >= 0.6 is 0 Å². The van der Waals surface area contributed by atoms with Crippen molar-refractivity contribution in [2.45, 2.75) is 26.4 Å². The van der Waals surface area contributed by atoms with Gasteiger partial charge in [-0.2, -0.15) is 7.05 Å². The first-order valence-electron chi connectivity index (χ1n) is 3.45. The van der Waals surface area contributed by atoms with Crippen molar-refractivity contribution in [3.8, 4) is 0 Å². The molecule has 3 nitrogen and oxygen atoms in total. The van der Waals surface area contributed by atoms with Gasteiger partial charge in [-0.25, -0.2) is 0 Å². The van der Waals surface area contributed by atoms with Gasteiger partial charge < -0.3 is 10.1 Å². The fraction of sp³-hybridized carbons (Fsp3) is 0.857. The van der Waals surface area contributed by atoms with Gasteiger partial charge in [0.1, 0.15) is 0 Å². The Bertz CT molecular complexity index is 104. The average Bonchev–Trinajstić information content (AvgIpc) is 1.88. The molecule has 0 aliphatic heterocycles. The highest BCUT2D eigenvalue weighted by molar-refractivity contribution is 5.73. The molecule has 0 amide bonds. The van der Waals surface area contributed by atoms with Crippen LogP contribution in [0.25, 0.3) is 5.32 Å². The SMILES string of the molecule is CCC(C)OC(=O)C[N-]C. The molecule has 0 fully saturated rings. The second-order valence-electron chi connectivity index (χ2n) is 2.18. The highest BCUT2D eigenvalue weighted by Crippen LogP contribution is 1.96.